The average Bonchev–Trinajstić information content (AvgIpc) is 1.96. The topological polar surface area (TPSA) is 89.1 Å². The summed E-state index contributed by atoms with van der Waals surface area (Å²) in [5, 5.41) is 8.60. The van der Waals surface area contributed by atoms with Crippen molar-refractivity contribution in [1.29, 1.82) is 0 Å². The van der Waals surface area contributed by atoms with Gasteiger partial charge in [0.2, 0.25) is 0 Å². The van der Waals surface area contributed by atoms with Gasteiger partial charge in [-0.1, -0.05) is 11.6 Å². The number of nitrogen functional groups attached to an aromatic ring is 1. The van der Waals surface area contributed by atoms with E-state index in [1.54, 1.807) is 6.92 Å². The number of aromatic nitrogens is 2. The zero-order valence-electron chi connectivity index (χ0n) is 6.21. The molecule has 0 aliphatic carbocycles. The van der Waals surface area contributed by atoms with Crippen molar-refractivity contribution in [3.63, 3.8) is 0 Å². The third-order valence-corrected chi connectivity index (χ3v) is 1.60. The molecule has 0 saturated heterocycles. The van der Waals surface area contributed by atoms with Crippen LogP contribution in [0.4, 0.5) is 5.82 Å². The Morgan fingerprint density at radius 3 is 2.67 bits per heavy atom. The highest BCUT2D eigenvalue weighted by atomic mass is 35.5. The lowest BCUT2D eigenvalue weighted by molar-refractivity contribution is 0.0691. The van der Waals surface area contributed by atoms with Crippen molar-refractivity contribution in [2.45, 2.75) is 6.92 Å². The van der Waals surface area contributed by atoms with Crippen LogP contribution < -0.4 is 5.73 Å². The molecule has 1 aromatic heterocycles. The molecular formula is C6H6ClN3O2. The molecule has 0 bridgehead atoms. The number of halogens is 1. The smallest absolute Gasteiger partial charge is 0.358 e. The summed E-state index contributed by atoms with van der Waals surface area (Å²) < 4.78 is 0. The lowest BCUT2D eigenvalue weighted by atomic mass is 10.4. The SMILES string of the molecule is Cc1nc(N)c(C(=O)O)nc1Cl. The summed E-state index contributed by atoms with van der Waals surface area (Å²) in [5.41, 5.74) is 5.38. The number of hydrogen-bond acceptors (Lipinski definition) is 4. The highest BCUT2D eigenvalue weighted by Gasteiger charge is 2.13. The first-order valence-corrected chi connectivity index (χ1v) is 3.43. The highest BCUT2D eigenvalue weighted by Crippen LogP contribution is 2.14. The maximum absolute atomic E-state index is 10.4. The van der Waals surface area contributed by atoms with Crippen molar-refractivity contribution in [2.24, 2.45) is 0 Å². The molecule has 6 heteroatoms. The van der Waals surface area contributed by atoms with Crippen molar-refractivity contribution in [1.82, 2.24) is 9.97 Å². The number of hydrogen-bond donors (Lipinski definition) is 2. The zero-order valence-corrected chi connectivity index (χ0v) is 6.96. The summed E-state index contributed by atoms with van der Waals surface area (Å²) >= 11 is 5.54. The Hall–Kier alpha value is -1.36. The number of aryl methyl sites for hydroxylation is 1. The van der Waals surface area contributed by atoms with E-state index in [9.17, 15) is 4.79 Å². The van der Waals surface area contributed by atoms with Crippen LogP contribution in [0.5, 0.6) is 0 Å². The normalized spacial score (nSPS) is 9.83. The molecule has 0 aromatic carbocycles. The number of anilines is 1. The molecule has 0 atom stereocenters. The largest absolute Gasteiger partial charge is 0.476 e. The van der Waals surface area contributed by atoms with Gasteiger partial charge in [0.1, 0.15) is 0 Å². The van der Waals surface area contributed by atoms with E-state index in [0.29, 0.717) is 5.69 Å². The van der Waals surface area contributed by atoms with Gasteiger partial charge >= 0.3 is 5.97 Å². The molecule has 64 valence electrons. The molecule has 5 nitrogen and oxygen atoms in total. The van der Waals surface area contributed by atoms with E-state index in [0.717, 1.165) is 0 Å². The van der Waals surface area contributed by atoms with Crippen molar-refractivity contribution in [2.75, 3.05) is 5.73 Å². The minimum atomic E-state index is -1.23. The number of nitrogens with zero attached hydrogens (tertiary/aromatic N) is 2. The quantitative estimate of drug-likeness (QED) is 0.676. The van der Waals surface area contributed by atoms with Crippen molar-refractivity contribution < 1.29 is 9.90 Å². The number of carboxylic acid groups (broad SMARTS) is 1. The van der Waals surface area contributed by atoms with Gasteiger partial charge in [-0.2, -0.15) is 0 Å². The summed E-state index contributed by atoms with van der Waals surface area (Å²) in [6, 6.07) is 0. The van der Waals surface area contributed by atoms with Gasteiger partial charge < -0.3 is 10.8 Å². The molecule has 0 radical (unpaired) electrons. The van der Waals surface area contributed by atoms with E-state index in [4.69, 9.17) is 22.4 Å². The van der Waals surface area contributed by atoms with Crippen LogP contribution in [0.15, 0.2) is 0 Å². The van der Waals surface area contributed by atoms with Crippen LogP contribution in [0.1, 0.15) is 16.2 Å². The second kappa shape index (κ2) is 2.94. The molecule has 0 aliphatic heterocycles. The second-order valence-corrected chi connectivity index (χ2v) is 2.50. The molecule has 12 heavy (non-hydrogen) atoms. The maximum Gasteiger partial charge on any atom is 0.358 e. The highest BCUT2D eigenvalue weighted by molar-refractivity contribution is 6.30. The first-order valence-electron chi connectivity index (χ1n) is 3.05. The number of carbonyl (C=O) groups is 1. The first-order chi connectivity index (χ1) is 5.52. The maximum atomic E-state index is 10.4. The van der Waals surface area contributed by atoms with E-state index in [1.807, 2.05) is 0 Å². The van der Waals surface area contributed by atoms with Gasteiger partial charge in [-0.15, -0.1) is 0 Å². The first kappa shape index (κ1) is 8.73. The lowest BCUT2D eigenvalue weighted by Crippen LogP contribution is -2.09. The van der Waals surface area contributed by atoms with Crippen LogP contribution in [0, 0.1) is 6.92 Å². The van der Waals surface area contributed by atoms with Gasteiger partial charge in [-0.05, 0) is 6.92 Å². The predicted octanol–water partition coefficient (Wildman–Crippen LogP) is 0.719. The standard InChI is InChI=1S/C6H6ClN3O2/c1-2-4(7)10-3(6(11)12)5(8)9-2/h1H3,(H2,8,9)(H,11,12). The molecule has 0 saturated carbocycles. The minimum absolute atomic E-state index is 0.0570. The van der Waals surface area contributed by atoms with E-state index in [-0.39, 0.29) is 16.7 Å². The van der Waals surface area contributed by atoms with Crippen molar-refractivity contribution in [3.05, 3.63) is 16.5 Å². The van der Waals surface area contributed by atoms with Gasteiger partial charge in [0.25, 0.3) is 0 Å². The average molecular weight is 188 g/mol. The van der Waals surface area contributed by atoms with Crippen LogP contribution >= 0.6 is 11.6 Å². The van der Waals surface area contributed by atoms with E-state index in [1.165, 1.54) is 0 Å². The summed E-state index contributed by atoms with van der Waals surface area (Å²) in [6.07, 6.45) is 0. The molecule has 0 fully saturated rings. The van der Waals surface area contributed by atoms with Gasteiger partial charge in [0.15, 0.2) is 16.7 Å². The summed E-state index contributed by atoms with van der Waals surface area (Å²) in [4.78, 5) is 17.7. The van der Waals surface area contributed by atoms with Crippen LogP contribution in [-0.2, 0) is 0 Å². The molecule has 0 amide bonds. The van der Waals surface area contributed by atoms with Gasteiger partial charge in [0, 0.05) is 0 Å². The van der Waals surface area contributed by atoms with Crippen molar-refractivity contribution in [3.8, 4) is 0 Å². The molecular weight excluding hydrogens is 182 g/mol. The number of nitrogens with two attached hydrogens (primary N) is 1. The Labute approximate surface area is 73.2 Å². The fourth-order valence-electron chi connectivity index (χ4n) is 0.673. The van der Waals surface area contributed by atoms with E-state index in [2.05, 4.69) is 9.97 Å². The Morgan fingerprint density at radius 1 is 1.58 bits per heavy atom. The predicted molar refractivity (Wildman–Crippen MR) is 43.2 cm³/mol. The molecule has 0 aliphatic rings. The molecule has 1 heterocycles. The summed E-state index contributed by atoms with van der Waals surface area (Å²) in [7, 11) is 0. The molecule has 3 N–H and O–H groups in total. The Kier molecular flexibility index (Phi) is 2.14. The molecule has 1 aromatic rings. The fraction of sp³-hybridized carbons (Fsp3) is 0.167. The van der Waals surface area contributed by atoms with Crippen LogP contribution in [-0.4, -0.2) is 21.0 Å². The van der Waals surface area contributed by atoms with Crippen LogP contribution in [0.2, 0.25) is 5.15 Å². The molecule has 1 rings (SSSR count). The molecule has 0 spiro atoms. The third-order valence-electron chi connectivity index (χ3n) is 1.24. The lowest BCUT2D eigenvalue weighted by Gasteiger charge is -2.01. The van der Waals surface area contributed by atoms with Gasteiger partial charge in [0.05, 0.1) is 5.69 Å². The number of carboxylic acids is 1. The number of aromatic carboxylic acids is 1. The Morgan fingerprint density at radius 2 is 2.17 bits per heavy atom. The van der Waals surface area contributed by atoms with Crippen molar-refractivity contribution >= 4 is 23.4 Å². The third kappa shape index (κ3) is 1.45. The van der Waals surface area contributed by atoms with E-state index < -0.39 is 5.97 Å². The zero-order chi connectivity index (χ0) is 9.30. The number of rotatable bonds is 1. The molecule has 0 unspecified atom stereocenters. The monoisotopic (exact) mass is 187 g/mol. The van der Waals surface area contributed by atoms with E-state index >= 15 is 0 Å². The Bertz CT molecular complexity index is 340. The van der Waals surface area contributed by atoms with Crippen LogP contribution in [0.3, 0.4) is 0 Å². The van der Waals surface area contributed by atoms with Gasteiger partial charge in [-0.3, -0.25) is 0 Å². The van der Waals surface area contributed by atoms with Gasteiger partial charge in [-0.25, -0.2) is 14.8 Å². The van der Waals surface area contributed by atoms with Crippen LogP contribution in [0.25, 0.3) is 0 Å². The Balaban J connectivity index is 3.33. The summed E-state index contributed by atoms with van der Waals surface area (Å²) in [5.74, 6) is -1.36. The fourth-order valence-corrected chi connectivity index (χ4v) is 0.800. The summed E-state index contributed by atoms with van der Waals surface area (Å²) in [6.45, 7) is 1.59. The second-order valence-electron chi connectivity index (χ2n) is 2.14. The minimum Gasteiger partial charge on any atom is -0.476 e.